The minimum Gasteiger partial charge on any atom is -0.292 e. The topological polar surface area (TPSA) is 35.6 Å². The Morgan fingerprint density at radius 3 is 0.957 bits per heavy atom. The van der Waals surface area contributed by atoms with Gasteiger partial charge in [0, 0.05) is 22.5 Å². The van der Waals surface area contributed by atoms with E-state index in [0.29, 0.717) is 0 Å². The van der Waals surface area contributed by atoms with Gasteiger partial charge in [0.05, 0.1) is 22.1 Å². The number of para-hydroxylation sites is 2. The zero-order valence-electron chi connectivity index (χ0n) is 38.9. The highest BCUT2D eigenvalue weighted by atomic mass is 15.1. The zero-order chi connectivity index (χ0) is 46.7. The zero-order valence-corrected chi connectivity index (χ0v) is 38.9. The first-order chi connectivity index (χ1) is 34.6. The molecule has 0 unspecified atom stereocenters. The number of aromatic nitrogens is 4. The number of rotatable bonds is 8. The number of hydrogen-bond acceptors (Lipinski definition) is 2. The van der Waals surface area contributed by atoms with Gasteiger partial charge in [0.1, 0.15) is 11.6 Å². The van der Waals surface area contributed by atoms with Gasteiger partial charge in [-0.05, 0) is 152 Å². The van der Waals surface area contributed by atoms with Crippen molar-refractivity contribution in [3.8, 4) is 78.7 Å². The smallest absolute Gasteiger partial charge is 0.145 e. The quantitative estimate of drug-likeness (QED) is 0.143. The fourth-order valence-electron chi connectivity index (χ4n) is 10.8. The number of imidazole rings is 2. The van der Waals surface area contributed by atoms with Gasteiger partial charge in [0.25, 0.3) is 0 Å². The van der Waals surface area contributed by atoms with Gasteiger partial charge in [-0.2, -0.15) is 0 Å². The van der Waals surface area contributed by atoms with Crippen LogP contribution in [0.1, 0.15) is 11.1 Å². The molecule has 4 heteroatoms. The van der Waals surface area contributed by atoms with E-state index in [-0.39, 0.29) is 0 Å². The van der Waals surface area contributed by atoms with Crippen molar-refractivity contribution in [2.75, 3.05) is 0 Å². The molecule has 4 nitrogen and oxygen atoms in total. The molecule has 11 aromatic carbocycles. The number of benzene rings is 11. The first-order valence-corrected chi connectivity index (χ1v) is 24.0. The Bertz CT molecular complexity index is 3810. The summed E-state index contributed by atoms with van der Waals surface area (Å²) in [4.78, 5) is 10.7. The van der Waals surface area contributed by atoms with Gasteiger partial charge in [0.2, 0.25) is 0 Å². The van der Waals surface area contributed by atoms with Gasteiger partial charge in [-0.15, -0.1) is 0 Å². The van der Waals surface area contributed by atoms with Crippen LogP contribution in [0.15, 0.2) is 243 Å². The SMILES string of the molecule is Cc1cc(-c2ccc3c(-c4ccccc4)c4cc(-c5cc(C)c6c(c5)nc(-c5ccccc5)n6-c5ccccc5)ccc4c(-c4ccccc4)c3c2)cc2nc(-c3ccccc3)n(-c3ccccc3)c12. The van der Waals surface area contributed by atoms with Gasteiger partial charge < -0.3 is 0 Å². The van der Waals surface area contributed by atoms with Crippen LogP contribution in [0.25, 0.3) is 122 Å². The molecule has 70 heavy (non-hydrogen) atoms. The van der Waals surface area contributed by atoms with Crippen LogP contribution in [0.2, 0.25) is 0 Å². The minimum atomic E-state index is 0.930. The maximum atomic E-state index is 5.37. The van der Waals surface area contributed by atoms with Crippen LogP contribution in [0, 0.1) is 13.8 Å². The molecule has 0 radical (unpaired) electrons. The van der Waals surface area contributed by atoms with E-state index in [1.54, 1.807) is 0 Å². The fourth-order valence-corrected chi connectivity index (χ4v) is 10.8. The molecule has 0 spiro atoms. The molecule has 0 amide bonds. The largest absolute Gasteiger partial charge is 0.292 e. The molecule has 13 aromatic rings. The summed E-state index contributed by atoms with van der Waals surface area (Å²) in [5.74, 6) is 1.86. The van der Waals surface area contributed by atoms with E-state index in [2.05, 4.69) is 266 Å². The van der Waals surface area contributed by atoms with Crippen LogP contribution < -0.4 is 0 Å². The molecule has 2 heterocycles. The lowest BCUT2D eigenvalue weighted by molar-refractivity contribution is 1.10. The molecule has 330 valence electrons. The summed E-state index contributed by atoms with van der Waals surface area (Å²) in [5.41, 5.74) is 20.2. The Morgan fingerprint density at radius 1 is 0.271 bits per heavy atom. The molecule has 0 aliphatic carbocycles. The first kappa shape index (κ1) is 41.1. The molecular weight excluding hydrogens is 849 g/mol. The Morgan fingerprint density at radius 2 is 0.600 bits per heavy atom. The van der Waals surface area contributed by atoms with Crippen molar-refractivity contribution in [3.63, 3.8) is 0 Å². The third kappa shape index (κ3) is 6.92. The molecule has 0 saturated carbocycles. The summed E-state index contributed by atoms with van der Waals surface area (Å²) in [7, 11) is 0. The maximum absolute atomic E-state index is 5.37. The van der Waals surface area contributed by atoms with Crippen LogP contribution in [0.5, 0.6) is 0 Å². The molecule has 0 aliphatic heterocycles. The van der Waals surface area contributed by atoms with Gasteiger partial charge in [0.15, 0.2) is 0 Å². The van der Waals surface area contributed by atoms with Gasteiger partial charge in [-0.3, -0.25) is 9.13 Å². The summed E-state index contributed by atoms with van der Waals surface area (Å²) in [5, 5.41) is 4.82. The molecule has 0 aliphatic rings. The van der Waals surface area contributed by atoms with E-state index in [1.807, 2.05) is 0 Å². The molecule has 0 atom stereocenters. The highest BCUT2D eigenvalue weighted by molar-refractivity contribution is 6.22. The van der Waals surface area contributed by atoms with Gasteiger partial charge >= 0.3 is 0 Å². The van der Waals surface area contributed by atoms with Crippen molar-refractivity contribution >= 4 is 43.6 Å². The predicted molar refractivity (Wildman–Crippen MR) is 293 cm³/mol. The van der Waals surface area contributed by atoms with E-state index in [9.17, 15) is 0 Å². The Labute approximate surface area is 407 Å². The second-order valence-corrected chi connectivity index (χ2v) is 18.3. The Kier molecular flexibility index (Phi) is 9.91. The second-order valence-electron chi connectivity index (χ2n) is 18.3. The van der Waals surface area contributed by atoms with E-state index in [1.165, 1.54) is 54.9 Å². The van der Waals surface area contributed by atoms with Crippen LogP contribution in [0.3, 0.4) is 0 Å². The molecule has 13 rings (SSSR count). The van der Waals surface area contributed by atoms with E-state index >= 15 is 0 Å². The third-order valence-corrected chi connectivity index (χ3v) is 13.9. The van der Waals surface area contributed by atoms with Crippen LogP contribution in [0.4, 0.5) is 0 Å². The van der Waals surface area contributed by atoms with Crippen molar-refractivity contribution in [3.05, 3.63) is 254 Å². The molecule has 0 N–H and O–H groups in total. The van der Waals surface area contributed by atoms with Crippen molar-refractivity contribution < 1.29 is 0 Å². The van der Waals surface area contributed by atoms with E-state index in [0.717, 1.165) is 78.5 Å². The summed E-state index contributed by atoms with van der Waals surface area (Å²) >= 11 is 0. The monoisotopic (exact) mass is 894 g/mol. The first-order valence-electron chi connectivity index (χ1n) is 24.0. The fraction of sp³-hybridized carbons (Fsp3) is 0.0303. The van der Waals surface area contributed by atoms with Crippen LogP contribution in [-0.2, 0) is 0 Å². The highest BCUT2D eigenvalue weighted by Crippen LogP contribution is 2.47. The molecule has 0 bridgehead atoms. The average molecular weight is 895 g/mol. The standard InChI is InChI=1S/C66H46N4/c1-43-37-51(41-59-63(43)69(53-29-17-7-18-30-53)65(67-59)47-25-13-5-14-26-47)49-33-35-55-57(39-49)61(45-21-9-3-10-22-45)56-36-34-50(40-58(56)62(55)46-23-11-4-12-24-46)52-38-44(2)64-60(42-52)68-66(48-27-15-6-16-28-48)70(64)54-31-19-8-20-32-54/h3-42H,1-2H3. The average Bonchev–Trinajstić information content (AvgIpc) is 4.02. The summed E-state index contributed by atoms with van der Waals surface area (Å²) < 4.78 is 4.62. The lowest BCUT2D eigenvalue weighted by Crippen LogP contribution is -1.98. The van der Waals surface area contributed by atoms with E-state index in [4.69, 9.17) is 9.97 Å². The maximum Gasteiger partial charge on any atom is 0.145 e. The number of aryl methyl sites for hydroxylation is 2. The second kappa shape index (κ2) is 16.9. The summed E-state index contributed by atoms with van der Waals surface area (Å²) in [6.07, 6.45) is 0. The summed E-state index contributed by atoms with van der Waals surface area (Å²) in [6.45, 7) is 4.43. The van der Waals surface area contributed by atoms with Crippen LogP contribution in [-0.4, -0.2) is 19.1 Å². The number of nitrogens with zero attached hydrogens (tertiary/aromatic N) is 4. The van der Waals surface area contributed by atoms with Crippen molar-refractivity contribution in [1.82, 2.24) is 19.1 Å². The Balaban J connectivity index is 1.03. The minimum absolute atomic E-state index is 0.930. The number of hydrogen-bond donors (Lipinski definition) is 0. The van der Waals surface area contributed by atoms with Gasteiger partial charge in [-0.1, -0.05) is 182 Å². The van der Waals surface area contributed by atoms with Crippen molar-refractivity contribution in [1.29, 1.82) is 0 Å². The lowest BCUT2D eigenvalue weighted by atomic mass is 9.83. The predicted octanol–water partition coefficient (Wildman–Crippen LogP) is 17.3. The van der Waals surface area contributed by atoms with Crippen molar-refractivity contribution in [2.24, 2.45) is 0 Å². The normalized spacial score (nSPS) is 11.6. The highest BCUT2D eigenvalue weighted by Gasteiger charge is 2.22. The Hall–Kier alpha value is -9.12. The molecule has 0 fully saturated rings. The molecular formula is C66H46N4. The number of fused-ring (bicyclic) bond motifs is 4. The summed E-state index contributed by atoms with van der Waals surface area (Å²) in [6, 6.07) is 87.3. The van der Waals surface area contributed by atoms with Crippen LogP contribution >= 0.6 is 0 Å². The van der Waals surface area contributed by atoms with E-state index < -0.39 is 0 Å². The molecule has 0 saturated heterocycles. The van der Waals surface area contributed by atoms with Crippen molar-refractivity contribution in [2.45, 2.75) is 13.8 Å². The third-order valence-electron chi connectivity index (χ3n) is 13.9. The molecule has 2 aromatic heterocycles. The van der Waals surface area contributed by atoms with Gasteiger partial charge in [-0.25, -0.2) is 9.97 Å². The lowest BCUT2D eigenvalue weighted by Gasteiger charge is -2.20.